The second-order valence-electron chi connectivity index (χ2n) is 6.13. The van der Waals surface area contributed by atoms with E-state index < -0.39 is 6.10 Å². The number of carbonyl (C=O) groups excluding carboxylic acids is 1. The van der Waals surface area contributed by atoms with Gasteiger partial charge in [-0.2, -0.15) is 0 Å². The summed E-state index contributed by atoms with van der Waals surface area (Å²) in [7, 11) is 0. The number of carbonyl (C=O) groups is 1. The Morgan fingerprint density at radius 1 is 1.39 bits per heavy atom. The Balaban J connectivity index is 1.74. The Morgan fingerprint density at radius 3 is 2.83 bits per heavy atom. The second-order valence-corrected chi connectivity index (χ2v) is 6.13. The maximum atomic E-state index is 11.8. The van der Waals surface area contributed by atoms with Crippen LogP contribution in [0.25, 0.3) is 0 Å². The third kappa shape index (κ3) is 5.84. The van der Waals surface area contributed by atoms with E-state index in [4.69, 9.17) is 9.47 Å². The van der Waals surface area contributed by atoms with Crippen molar-refractivity contribution in [2.75, 3.05) is 32.8 Å². The zero-order chi connectivity index (χ0) is 16.7. The molecule has 128 valence electrons. The number of piperidine rings is 1. The molecule has 1 aliphatic heterocycles. The van der Waals surface area contributed by atoms with Crippen molar-refractivity contribution in [3.8, 4) is 5.75 Å². The summed E-state index contributed by atoms with van der Waals surface area (Å²) in [6, 6.07) is 7.77. The normalized spacial score (nSPS) is 20.0. The highest BCUT2D eigenvalue weighted by Crippen LogP contribution is 2.18. The van der Waals surface area contributed by atoms with Crippen molar-refractivity contribution in [3.63, 3.8) is 0 Å². The summed E-state index contributed by atoms with van der Waals surface area (Å²) in [5.74, 6) is 0.564. The minimum Gasteiger partial charge on any atom is -0.491 e. The summed E-state index contributed by atoms with van der Waals surface area (Å²) in [6.07, 6.45) is 1.25. The van der Waals surface area contributed by atoms with E-state index >= 15 is 0 Å². The number of aryl methyl sites for hydroxylation is 1. The molecule has 1 fully saturated rings. The van der Waals surface area contributed by atoms with Crippen LogP contribution in [0.3, 0.4) is 0 Å². The van der Waals surface area contributed by atoms with Gasteiger partial charge in [-0.25, -0.2) is 0 Å². The molecule has 23 heavy (non-hydrogen) atoms. The Kier molecular flexibility index (Phi) is 6.86. The summed E-state index contributed by atoms with van der Waals surface area (Å²) in [5.41, 5.74) is 1.18. The number of hydrogen-bond acceptors (Lipinski definition) is 5. The number of aliphatic hydroxyl groups excluding tert-OH is 1. The lowest BCUT2D eigenvalue weighted by atomic mass is 9.98. The summed E-state index contributed by atoms with van der Waals surface area (Å²) >= 11 is 0. The molecule has 2 rings (SSSR count). The first-order valence-electron chi connectivity index (χ1n) is 8.35. The molecule has 1 saturated heterocycles. The van der Waals surface area contributed by atoms with Gasteiger partial charge < -0.3 is 14.6 Å². The van der Waals surface area contributed by atoms with Gasteiger partial charge in [0, 0.05) is 13.1 Å². The molecule has 1 aromatic rings. The largest absolute Gasteiger partial charge is 0.491 e. The van der Waals surface area contributed by atoms with Crippen molar-refractivity contribution in [2.24, 2.45) is 5.92 Å². The van der Waals surface area contributed by atoms with E-state index in [0.717, 1.165) is 25.1 Å². The predicted molar refractivity (Wildman–Crippen MR) is 88.5 cm³/mol. The van der Waals surface area contributed by atoms with Crippen LogP contribution in [0.15, 0.2) is 24.3 Å². The monoisotopic (exact) mass is 321 g/mol. The first-order chi connectivity index (χ1) is 11.1. The molecule has 0 bridgehead atoms. The SMILES string of the molecule is CCOC(=O)[C@@H]1CCCN(C[C@H](O)COc2ccc(C)cc2)C1. The lowest BCUT2D eigenvalue weighted by Crippen LogP contribution is -2.44. The number of aliphatic hydroxyl groups is 1. The van der Waals surface area contributed by atoms with Crippen molar-refractivity contribution in [1.82, 2.24) is 4.90 Å². The maximum Gasteiger partial charge on any atom is 0.310 e. The topological polar surface area (TPSA) is 59.0 Å². The molecule has 0 aliphatic carbocycles. The highest BCUT2D eigenvalue weighted by molar-refractivity contribution is 5.72. The zero-order valence-electron chi connectivity index (χ0n) is 14.0. The summed E-state index contributed by atoms with van der Waals surface area (Å²) < 4.78 is 10.7. The highest BCUT2D eigenvalue weighted by Gasteiger charge is 2.27. The van der Waals surface area contributed by atoms with Crippen molar-refractivity contribution in [2.45, 2.75) is 32.8 Å². The lowest BCUT2D eigenvalue weighted by molar-refractivity contribution is -0.150. The van der Waals surface area contributed by atoms with E-state index in [1.165, 1.54) is 5.56 Å². The molecule has 1 N–H and O–H groups in total. The first-order valence-corrected chi connectivity index (χ1v) is 8.35. The van der Waals surface area contributed by atoms with Gasteiger partial charge >= 0.3 is 5.97 Å². The molecule has 5 heteroatoms. The fourth-order valence-electron chi connectivity index (χ4n) is 2.85. The third-order valence-electron chi connectivity index (χ3n) is 4.06. The van der Waals surface area contributed by atoms with E-state index in [-0.39, 0.29) is 18.5 Å². The molecular formula is C18H27NO4. The van der Waals surface area contributed by atoms with E-state index in [9.17, 15) is 9.90 Å². The predicted octanol–water partition coefficient (Wildman–Crippen LogP) is 2.01. The van der Waals surface area contributed by atoms with Gasteiger partial charge in [0.05, 0.1) is 12.5 Å². The minimum atomic E-state index is -0.572. The van der Waals surface area contributed by atoms with Gasteiger partial charge in [-0.1, -0.05) is 17.7 Å². The van der Waals surface area contributed by atoms with Gasteiger partial charge in [0.2, 0.25) is 0 Å². The Hall–Kier alpha value is -1.59. The third-order valence-corrected chi connectivity index (χ3v) is 4.06. The van der Waals surface area contributed by atoms with Crippen LogP contribution >= 0.6 is 0 Å². The number of benzene rings is 1. The number of likely N-dealkylation sites (tertiary alicyclic amines) is 1. The first kappa shape index (κ1) is 17.8. The van der Waals surface area contributed by atoms with E-state index in [1.807, 2.05) is 38.1 Å². The number of esters is 1. The molecule has 5 nitrogen and oxygen atoms in total. The number of ether oxygens (including phenoxy) is 2. The molecule has 0 unspecified atom stereocenters. The van der Waals surface area contributed by atoms with Crippen LogP contribution in [0.5, 0.6) is 5.75 Å². The van der Waals surface area contributed by atoms with E-state index in [2.05, 4.69) is 4.90 Å². The van der Waals surface area contributed by atoms with Crippen LogP contribution < -0.4 is 4.74 Å². The fraction of sp³-hybridized carbons (Fsp3) is 0.611. The van der Waals surface area contributed by atoms with Crippen molar-refractivity contribution in [3.05, 3.63) is 29.8 Å². The molecule has 0 spiro atoms. The van der Waals surface area contributed by atoms with Crippen molar-refractivity contribution in [1.29, 1.82) is 0 Å². The number of nitrogens with zero attached hydrogens (tertiary/aromatic N) is 1. The van der Waals surface area contributed by atoms with E-state index in [1.54, 1.807) is 0 Å². The van der Waals surface area contributed by atoms with Crippen LogP contribution in [0, 0.1) is 12.8 Å². The minimum absolute atomic E-state index is 0.0751. The lowest BCUT2D eigenvalue weighted by Gasteiger charge is -2.32. The van der Waals surface area contributed by atoms with Crippen molar-refractivity contribution < 1.29 is 19.4 Å². The Morgan fingerprint density at radius 2 is 2.13 bits per heavy atom. The number of rotatable bonds is 7. The zero-order valence-corrected chi connectivity index (χ0v) is 14.0. The van der Waals surface area contributed by atoms with Gasteiger partial charge in [0.1, 0.15) is 18.5 Å². The van der Waals surface area contributed by atoms with Gasteiger partial charge in [0.25, 0.3) is 0 Å². The number of β-amino-alcohol motifs (C(OH)–C–C–N with tert-alkyl or cyclic N) is 1. The molecule has 1 aliphatic rings. The fourth-order valence-corrected chi connectivity index (χ4v) is 2.85. The van der Waals surface area contributed by atoms with Gasteiger partial charge in [-0.3, -0.25) is 9.69 Å². The molecule has 1 heterocycles. The van der Waals surface area contributed by atoms with Crippen LogP contribution in [-0.4, -0.2) is 54.9 Å². The average Bonchev–Trinajstić information content (AvgIpc) is 2.55. The van der Waals surface area contributed by atoms with Crippen molar-refractivity contribution >= 4 is 5.97 Å². The quantitative estimate of drug-likeness (QED) is 0.779. The molecule has 0 saturated carbocycles. The molecule has 1 aromatic carbocycles. The van der Waals surface area contributed by atoms with Gasteiger partial charge in [-0.15, -0.1) is 0 Å². The molecular weight excluding hydrogens is 294 g/mol. The molecule has 2 atom stereocenters. The highest BCUT2D eigenvalue weighted by atomic mass is 16.5. The summed E-state index contributed by atoms with van der Waals surface area (Å²) in [5, 5.41) is 10.2. The standard InChI is InChI=1S/C18H27NO4/c1-3-22-18(21)15-5-4-10-19(11-15)12-16(20)13-23-17-8-6-14(2)7-9-17/h6-9,15-16,20H,3-5,10-13H2,1-2H3/t15-,16+/m1/s1. The summed E-state index contributed by atoms with van der Waals surface area (Å²) in [4.78, 5) is 14.0. The molecule has 0 radical (unpaired) electrons. The second kappa shape index (κ2) is 8.89. The van der Waals surface area contributed by atoms with Gasteiger partial charge in [0.15, 0.2) is 0 Å². The maximum absolute atomic E-state index is 11.8. The van der Waals surface area contributed by atoms with Crippen LogP contribution in [0.1, 0.15) is 25.3 Å². The van der Waals surface area contributed by atoms with Gasteiger partial charge in [-0.05, 0) is 45.4 Å². The van der Waals surface area contributed by atoms with E-state index in [0.29, 0.717) is 19.7 Å². The van der Waals surface area contributed by atoms with Crippen LogP contribution in [-0.2, 0) is 9.53 Å². The molecule has 0 amide bonds. The Bertz CT molecular complexity index is 488. The van der Waals surface area contributed by atoms with Crippen LogP contribution in [0.2, 0.25) is 0 Å². The smallest absolute Gasteiger partial charge is 0.310 e. The molecule has 0 aromatic heterocycles. The van der Waals surface area contributed by atoms with Crippen LogP contribution in [0.4, 0.5) is 0 Å². The summed E-state index contributed by atoms with van der Waals surface area (Å²) in [6.45, 7) is 6.59. The number of hydrogen-bond donors (Lipinski definition) is 1. The Labute approximate surface area is 138 Å². The average molecular weight is 321 g/mol.